The van der Waals surface area contributed by atoms with Crippen molar-refractivity contribution in [1.82, 2.24) is 0 Å². The molecule has 9 heteroatoms. The van der Waals surface area contributed by atoms with Crippen LogP contribution in [0.15, 0.2) is 18.2 Å². The van der Waals surface area contributed by atoms with Crippen molar-refractivity contribution in [3.05, 3.63) is 29.3 Å². The summed E-state index contributed by atoms with van der Waals surface area (Å²) in [7, 11) is -3.84. The molecule has 2 saturated carbocycles. The van der Waals surface area contributed by atoms with Gasteiger partial charge in [0.25, 0.3) is 0 Å². The highest BCUT2D eigenvalue weighted by atomic mass is 32.2. The second kappa shape index (κ2) is 5.11. The molecule has 0 radical (unpaired) electrons. The second-order valence-corrected chi connectivity index (χ2v) is 9.02. The Hall–Kier alpha value is -1.79. The molecule has 0 aromatic heterocycles. The number of halogens is 3. The number of nitriles is 1. The van der Waals surface area contributed by atoms with Gasteiger partial charge in [0, 0.05) is 12.5 Å². The van der Waals surface area contributed by atoms with Crippen LogP contribution in [-0.2, 0) is 16.2 Å². The van der Waals surface area contributed by atoms with E-state index in [9.17, 15) is 26.7 Å². The monoisotopic (exact) mass is 372 g/mol. The Balaban J connectivity index is 1.76. The van der Waals surface area contributed by atoms with Gasteiger partial charge in [0.05, 0.1) is 34.2 Å². The van der Waals surface area contributed by atoms with Crippen molar-refractivity contribution in [2.45, 2.75) is 30.4 Å². The fourth-order valence-electron chi connectivity index (χ4n) is 4.79. The van der Waals surface area contributed by atoms with Gasteiger partial charge in [-0.3, -0.25) is 4.31 Å². The maximum Gasteiger partial charge on any atom is 0.417 e. The minimum Gasteiger partial charge on any atom is -0.393 e. The molecule has 0 unspecified atom stereocenters. The van der Waals surface area contributed by atoms with E-state index in [-0.39, 0.29) is 30.0 Å². The fraction of sp³-hybridized carbons (Fsp3) is 0.562. The third-order valence-corrected chi connectivity index (χ3v) is 8.17. The van der Waals surface area contributed by atoms with E-state index in [2.05, 4.69) is 0 Å². The van der Waals surface area contributed by atoms with Gasteiger partial charge in [-0.15, -0.1) is 0 Å². The summed E-state index contributed by atoms with van der Waals surface area (Å²) in [6.07, 6.45) is -4.19. The highest BCUT2D eigenvalue weighted by Gasteiger charge is 2.62. The van der Waals surface area contributed by atoms with Gasteiger partial charge in [0.1, 0.15) is 0 Å². The normalized spacial score (nSPS) is 35.6. The summed E-state index contributed by atoms with van der Waals surface area (Å²) in [6.45, 7) is 0.129. The molecular formula is C16H15F3N2O3S. The van der Waals surface area contributed by atoms with E-state index in [1.54, 1.807) is 0 Å². The van der Waals surface area contributed by atoms with E-state index in [0.717, 1.165) is 16.4 Å². The molecule has 134 valence electrons. The van der Waals surface area contributed by atoms with Crippen LogP contribution in [0.25, 0.3) is 0 Å². The molecule has 1 heterocycles. The number of benzene rings is 1. The van der Waals surface area contributed by atoms with Gasteiger partial charge in [-0.2, -0.15) is 18.4 Å². The first kappa shape index (κ1) is 16.7. The lowest BCUT2D eigenvalue weighted by Gasteiger charge is -2.26. The number of anilines is 1. The Bertz CT molecular complexity index is 878. The van der Waals surface area contributed by atoms with Crippen LogP contribution in [0, 0.1) is 29.1 Å². The first-order valence-corrected chi connectivity index (χ1v) is 9.46. The van der Waals surface area contributed by atoms with Crippen LogP contribution in [0.3, 0.4) is 0 Å². The van der Waals surface area contributed by atoms with Crippen molar-refractivity contribution in [3.8, 4) is 6.07 Å². The number of rotatable bonds is 1. The number of sulfonamides is 1. The van der Waals surface area contributed by atoms with Gasteiger partial charge >= 0.3 is 6.18 Å². The smallest absolute Gasteiger partial charge is 0.393 e. The SMILES string of the molecule is N#Cc1ccc(N2C[C@@H]3[C@H]4C[C@@H]([C@@H]3S2(=O)=O)[C@@H](O)C4)cc1C(F)(F)F. The molecule has 5 atom stereocenters. The fourth-order valence-corrected chi connectivity index (χ4v) is 7.35. The minimum absolute atomic E-state index is 0.0744. The second-order valence-electron chi connectivity index (χ2n) is 7.01. The molecule has 3 aliphatic rings. The molecule has 1 aromatic rings. The lowest BCUT2D eigenvalue weighted by molar-refractivity contribution is -0.137. The molecular weight excluding hydrogens is 357 g/mol. The van der Waals surface area contributed by atoms with E-state index in [0.29, 0.717) is 12.8 Å². The van der Waals surface area contributed by atoms with E-state index >= 15 is 0 Å². The van der Waals surface area contributed by atoms with Crippen molar-refractivity contribution < 1.29 is 26.7 Å². The van der Waals surface area contributed by atoms with E-state index in [4.69, 9.17) is 5.26 Å². The standard InChI is InChI=1S/C16H15F3N2O3S/c17-16(18,19)13-5-10(2-1-8(13)6-20)21-7-12-9-3-11(14(22)4-9)15(12)25(21,23)24/h1-2,5,9,11-12,14-15,22H,3-4,7H2/t9-,11+,12+,14-,15-/m0/s1. The highest BCUT2D eigenvalue weighted by molar-refractivity contribution is 7.93. The topological polar surface area (TPSA) is 81.4 Å². The quantitative estimate of drug-likeness (QED) is 0.819. The number of nitrogens with zero attached hydrogens (tertiary/aromatic N) is 2. The molecule has 0 amide bonds. The summed E-state index contributed by atoms with van der Waals surface area (Å²) >= 11 is 0. The number of alkyl halides is 3. The number of hydrogen-bond donors (Lipinski definition) is 1. The Morgan fingerprint density at radius 1 is 1.24 bits per heavy atom. The summed E-state index contributed by atoms with van der Waals surface area (Å²) in [5.74, 6) is -0.418. The van der Waals surface area contributed by atoms with E-state index in [1.165, 1.54) is 12.1 Å². The van der Waals surface area contributed by atoms with Crippen molar-refractivity contribution >= 4 is 15.7 Å². The average molecular weight is 372 g/mol. The van der Waals surface area contributed by atoms with Crippen molar-refractivity contribution in [3.63, 3.8) is 0 Å². The molecule has 5 nitrogen and oxygen atoms in total. The molecule has 4 rings (SSSR count). The first-order valence-electron chi connectivity index (χ1n) is 7.95. The lowest BCUT2D eigenvalue weighted by Crippen LogP contribution is -2.38. The third kappa shape index (κ3) is 2.27. The van der Waals surface area contributed by atoms with Crippen LogP contribution in [0.4, 0.5) is 18.9 Å². The average Bonchev–Trinajstić information content (AvgIpc) is 3.15. The zero-order valence-corrected chi connectivity index (χ0v) is 13.8. The summed E-state index contributed by atoms with van der Waals surface area (Å²) < 4.78 is 66.3. The zero-order valence-electron chi connectivity index (χ0n) is 12.9. The van der Waals surface area contributed by atoms with Crippen molar-refractivity contribution in [1.29, 1.82) is 5.26 Å². The van der Waals surface area contributed by atoms with Gasteiger partial charge in [0.2, 0.25) is 10.0 Å². The molecule has 0 spiro atoms. The van der Waals surface area contributed by atoms with Crippen LogP contribution in [-0.4, -0.2) is 31.4 Å². The summed E-state index contributed by atoms with van der Waals surface area (Å²) in [6, 6.07) is 4.47. The summed E-state index contributed by atoms with van der Waals surface area (Å²) in [5, 5.41) is 18.1. The van der Waals surface area contributed by atoms with Gasteiger partial charge < -0.3 is 5.11 Å². The van der Waals surface area contributed by atoms with Crippen LogP contribution in [0.1, 0.15) is 24.0 Å². The predicted molar refractivity (Wildman–Crippen MR) is 81.9 cm³/mol. The molecule has 1 aliphatic heterocycles. The van der Waals surface area contributed by atoms with E-state index < -0.39 is 38.7 Å². The Kier molecular flexibility index (Phi) is 3.41. The molecule has 1 aromatic carbocycles. The summed E-state index contributed by atoms with van der Waals surface area (Å²) in [5.41, 5.74) is -1.75. The lowest BCUT2D eigenvalue weighted by atomic mass is 9.87. The van der Waals surface area contributed by atoms with Crippen LogP contribution in [0.5, 0.6) is 0 Å². The van der Waals surface area contributed by atoms with Crippen LogP contribution < -0.4 is 4.31 Å². The van der Waals surface area contributed by atoms with E-state index in [1.807, 2.05) is 0 Å². The number of hydrogen-bond acceptors (Lipinski definition) is 4. The highest BCUT2D eigenvalue weighted by Crippen LogP contribution is 2.56. The Labute approximate surface area is 142 Å². The molecule has 25 heavy (non-hydrogen) atoms. The van der Waals surface area contributed by atoms with Gasteiger partial charge in [0.15, 0.2) is 0 Å². The summed E-state index contributed by atoms with van der Waals surface area (Å²) in [4.78, 5) is 0. The number of fused-ring (bicyclic) bond motifs is 5. The Morgan fingerprint density at radius 2 is 1.96 bits per heavy atom. The molecule has 1 N–H and O–H groups in total. The van der Waals surface area contributed by atoms with Gasteiger partial charge in [-0.25, -0.2) is 8.42 Å². The first-order chi connectivity index (χ1) is 11.6. The zero-order chi connectivity index (χ0) is 18.1. The van der Waals surface area contributed by atoms with Gasteiger partial charge in [-0.05, 0) is 42.9 Å². The van der Waals surface area contributed by atoms with Gasteiger partial charge in [-0.1, -0.05) is 0 Å². The molecule has 3 fully saturated rings. The Morgan fingerprint density at radius 3 is 2.60 bits per heavy atom. The number of aliphatic hydroxyl groups is 1. The molecule has 1 saturated heterocycles. The minimum atomic E-state index is -4.74. The molecule has 2 aliphatic carbocycles. The number of aliphatic hydroxyl groups excluding tert-OH is 1. The van der Waals surface area contributed by atoms with Crippen molar-refractivity contribution in [2.24, 2.45) is 17.8 Å². The van der Waals surface area contributed by atoms with Crippen molar-refractivity contribution in [2.75, 3.05) is 10.8 Å². The van der Waals surface area contributed by atoms with Crippen LogP contribution >= 0.6 is 0 Å². The maximum absolute atomic E-state index is 13.2. The largest absolute Gasteiger partial charge is 0.417 e. The maximum atomic E-state index is 13.2. The molecule has 2 bridgehead atoms. The van der Waals surface area contributed by atoms with Crippen LogP contribution in [0.2, 0.25) is 0 Å². The predicted octanol–water partition coefficient (Wildman–Crippen LogP) is 2.11. The third-order valence-electron chi connectivity index (χ3n) is 5.81.